The monoisotopic (exact) mass is 219 g/mol. The molecule has 0 aliphatic heterocycles. The second-order valence-electron chi connectivity index (χ2n) is 3.52. The molecule has 3 N–H and O–H groups in total. The van der Waals surface area contributed by atoms with E-state index in [1.54, 1.807) is 20.2 Å². The van der Waals surface area contributed by atoms with Crippen molar-refractivity contribution in [2.24, 2.45) is 10.9 Å². The van der Waals surface area contributed by atoms with Crippen LogP contribution in [0.25, 0.3) is 0 Å². The summed E-state index contributed by atoms with van der Waals surface area (Å²) in [6.45, 7) is 1.91. The molecule has 1 rings (SSSR count). The van der Waals surface area contributed by atoms with Crippen LogP contribution in [0, 0.1) is 11.3 Å². The quantitative estimate of drug-likeness (QED) is 0.600. The topological polar surface area (TPSA) is 71.5 Å². The van der Waals surface area contributed by atoms with Crippen molar-refractivity contribution < 1.29 is 4.74 Å². The second-order valence-corrected chi connectivity index (χ2v) is 3.52. The third kappa shape index (κ3) is 2.39. The fourth-order valence-electron chi connectivity index (χ4n) is 1.57. The molecule has 0 heterocycles. The Labute approximate surface area is 95.7 Å². The van der Waals surface area contributed by atoms with Gasteiger partial charge in [0.25, 0.3) is 0 Å². The summed E-state index contributed by atoms with van der Waals surface area (Å²) in [7, 11) is 3.31. The number of benzene rings is 1. The minimum absolute atomic E-state index is 0.0549. The minimum Gasteiger partial charge on any atom is -0.496 e. The maximum absolute atomic E-state index is 7.30. The number of anilines is 1. The summed E-state index contributed by atoms with van der Waals surface area (Å²) < 4.78 is 5.27. The lowest BCUT2D eigenvalue weighted by molar-refractivity contribution is 0.414. The number of ether oxygens (including phenoxy) is 1. The highest BCUT2D eigenvalue weighted by Crippen LogP contribution is 2.24. The van der Waals surface area contributed by atoms with Gasteiger partial charge in [0.2, 0.25) is 0 Å². The van der Waals surface area contributed by atoms with Gasteiger partial charge in [-0.15, -0.1) is 0 Å². The molecule has 1 aromatic carbocycles. The highest BCUT2D eigenvalue weighted by atomic mass is 16.5. The number of nitrogen functional groups attached to an aromatic ring is 1. The highest BCUT2D eigenvalue weighted by molar-refractivity contribution is 6.11. The van der Waals surface area contributed by atoms with Gasteiger partial charge in [-0.1, -0.05) is 6.92 Å². The third-order valence-electron chi connectivity index (χ3n) is 2.42. The molecule has 0 aliphatic rings. The number of hydrogen-bond donors (Lipinski definition) is 2. The number of hydrogen-bond acceptors (Lipinski definition) is 4. The number of rotatable bonds is 4. The summed E-state index contributed by atoms with van der Waals surface area (Å²) in [5.41, 5.74) is 8.06. The Balaban J connectivity index is 3.28. The molecular weight excluding hydrogens is 202 g/mol. The molecule has 0 saturated heterocycles. The molecule has 1 unspecified atom stereocenters. The van der Waals surface area contributed by atoms with E-state index in [9.17, 15) is 0 Å². The molecule has 1 aromatic rings. The third-order valence-corrected chi connectivity index (χ3v) is 2.42. The van der Waals surface area contributed by atoms with Gasteiger partial charge >= 0.3 is 0 Å². The number of nitrogens with zero attached hydrogens (tertiary/aromatic N) is 1. The van der Waals surface area contributed by atoms with Crippen molar-refractivity contribution in [1.82, 2.24) is 0 Å². The zero-order valence-corrected chi connectivity index (χ0v) is 9.82. The molecule has 0 aromatic heterocycles. The minimum atomic E-state index is -0.0549. The second kappa shape index (κ2) is 5.30. The normalized spacial score (nSPS) is 13.3. The Hall–Kier alpha value is -1.84. The van der Waals surface area contributed by atoms with Crippen molar-refractivity contribution in [3.05, 3.63) is 23.8 Å². The number of aliphatic imine (C=N–C) groups is 1. The van der Waals surface area contributed by atoms with Crippen LogP contribution in [0.15, 0.2) is 23.2 Å². The van der Waals surface area contributed by atoms with E-state index in [4.69, 9.17) is 15.9 Å². The largest absolute Gasteiger partial charge is 0.496 e. The highest BCUT2D eigenvalue weighted by Gasteiger charge is 2.14. The van der Waals surface area contributed by atoms with Gasteiger partial charge in [0.15, 0.2) is 0 Å². The Morgan fingerprint density at radius 1 is 1.56 bits per heavy atom. The van der Waals surface area contributed by atoms with Crippen LogP contribution >= 0.6 is 0 Å². The lowest BCUT2D eigenvalue weighted by Gasteiger charge is -2.14. The van der Waals surface area contributed by atoms with Gasteiger partial charge in [-0.25, -0.2) is 0 Å². The van der Waals surface area contributed by atoms with Crippen molar-refractivity contribution in [1.29, 1.82) is 5.41 Å². The van der Waals surface area contributed by atoms with Crippen LogP contribution in [0.2, 0.25) is 0 Å². The summed E-state index contributed by atoms with van der Waals surface area (Å²) in [5, 5.41) is 7.30. The maximum Gasteiger partial charge on any atom is 0.128 e. The molecule has 0 radical (unpaired) electrons. The molecule has 86 valence electrons. The van der Waals surface area contributed by atoms with E-state index < -0.39 is 0 Å². The van der Waals surface area contributed by atoms with E-state index in [1.165, 1.54) is 6.21 Å². The van der Waals surface area contributed by atoms with E-state index in [0.717, 1.165) is 17.0 Å². The van der Waals surface area contributed by atoms with Crippen molar-refractivity contribution in [2.75, 3.05) is 19.9 Å². The molecule has 0 saturated carbocycles. The maximum atomic E-state index is 7.30. The van der Waals surface area contributed by atoms with Gasteiger partial charge in [-0.2, -0.15) is 0 Å². The molecule has 0 fully saturated rings. The molecular formula is C12H17N3O. The van der Waals surface area contributed by atoms with Crippen LogP contribution in [0.5, 0.6) is 5.75 Å². The van der Waals surface area contributed by atoms with Crippen LogP contribution in [0.4, 0.5) is 5.69 Å². The van der Waals surface area contributed by atoms with Gasteiger partial charge < -0.3 is 15.9 Å². The van der Waals surface area contributed by atoms with E-state index in [-0.39, 0.29) is 5.92 Å². The molecule has 0 spiro atoms. The molecule has 0 amide bonds. The van der Waals surface area contributed by atoms with Crippen LogP contribution in [-0.4, -0.2) is 26.1 Å². The zero-order valence-electron chi connectivity index (χ0n) is 9.82. The average Bonchev–Trinajstić information content (AvgIpc) is 2.30. The van der Waals surface area contributed by atoms with E-state index in [2.05, 4.69) is 4.99 Å². The Morgan fingerprint density at radius 3 is 2.75 bits per heavy atom. The number of methoxy groups -OCH3 is 1. The first-order valence-electron chi connectivity index (χ1n) is 5.05. The average molecular weight is 219 g/mol. The van der Waals surface area contributed by atoms with Crippen LogP contribution in [0.3, 0.4) is 0 Å². The fourth-order valence-corrected chi connectivity index (χ4v) is 1.57. The van der Waals surface area contributed by atoms with Gasteiger partial charge in [-0.3, -0.25) is 4.99 Å². The van der Waals surface area contributed by atoms with Gasteiger partial charge in [0.05, 0.1) is 12.8 Å². The molecule has 4 nitrogen and oxygen atoms in total. The summed E-state index contributed by atoms with van der Waals surface area (Å²) in [6, 6.07) is 5.42. The summed E-state index contributed by atoms with van der Waals surface area (Å²) >= 11 is 0. The van der Waals surface area contributed by atoms with Crippen molar-refractivity contribution >= 4 is 17.6 Å². The molecule has 0 aliphatic carbocycles. The molecule has 1 atom stereocenters. The van der Waals surface area contributed by atoms with Crippen LogP contribution in [0.1, 0.15) is 12.5 Å². The Kier molecular flexibility index (Phi) is 4.05. The predicted octanol–water partition coefficient (Wildman–Crippen LogP) is 1.98. The van der Waals surface area contributed by atoms with Crippen LogP contribution in [-0.2, 0) is 0 Å². The first-order chi connectivity index (χ1) is 7.63. The molecule has 16 heavy (non-hydrogen) atoms. The Bertz CT molecular complexity index is 413. The van der Waals surface area contributed by atoms with Crippen molar-refractivity contribution in [3.8, 4) is 5.75 Å². The van der Waals surface area contributed by atoms with Gasteiger partial charge in [-0.05, 0) is 18.2 Å². The van der Waals surface area contributed by atoms with E-state index in [0.29, 0.717) is 5.69 Å². The lowest BCUT2D eigenvalue weighted by atomic mass is 9.98. The van der Waals surface area contributed by atoms with Crippen molar-refractivity contribution in [2.45, 2.75) is 6.92 Å². The zero-order chi connectivity index (χ0) is 12.1. The molecule has 0 bridgehead atoms. The molecule has 4 heteroatoms. The smallest absolute Gasteiger partial charge is 0.128 e. The predicted molar refractivity (Wildman–Crippen MR) is 67.8 cm³/mol. The van der Waals surface area contributed by atoms with E-state index >= 15 is 0 Å². The summed E-state index contributed by atoms with van der Waals surface area (Å²) in [5.74, 6) is 0.671. The number of nitrogens with two attached hydrogens (primary N) is 1. The van der Waals surface area contributed by atoms with Crippen molar-refractivity contribution in [3.63, 3.8) is 0 Å². The van der Waals surface area contributed by atoms with E-state index in [1.807, 2.05) is 19.1 Å². The standard InChI is InChI=1S/C12H17N3O/c1-8(7-13)12(15-2)10-6-9(14)4-5-11(10)16-3/h4-8,13H,14H2,1-3H3. The van der Waals surface area contributed by atoms with Crippen LogP contribution < -0.4 is 10.5 Å². The van der Waals surface area contributed by atoms with Gasteiger partial charge in [0, 0.05) is 30.4 Å². The fraction of sp³-hybridized carbons (Fsp3) is 0.333. The first kappa shape index (κ1) is 12.2. The first-order valence-corrected chi connectivity index (χ1v) is 5.05. The van der Waals surface area contributed by atoms with Gasteiger partial charge in [0.1, 0.15) is 5.75 Å². The summed E-state index contributed by atoms with van der Waals surface area (Å²) in [6.07, 6.45) is 1.35. The lowest BCUT2D eigenvalue weighted by Crippen LogP contribution is -2.15. The SMILES string of the molecule is CN=C(c1cc(N)ccc1OC)C(C)C=N. The summed E-state index contributed by atoms with van der Waals surface area (Å²) in [4.78, 5) is 4.21. The number of nitrogens with one attached hydrogen (secondary N) is 1. The Morgan fingerprint density at radius 2 is 2.25 bits per heavy atom.